The summed E-state index contributed by atoms with van der Waals surface area (Å²) in [7, 11) is 1.28. The van der Waals surface area contributed by atoms with Crippen LogP contribution in [0.4, 0.5) is 5.69 Å². The molecule has 1 N–H and O–H groups in total. The van der Waals surface area contributed by atoms with E-state index in [1.807, 2.05) is 0 Å². The first-order valence-corrected chi connectivity index (χ1v) is 5.77. The van der Waals surface area contributed by atoms with Crippen molar-refractivity contribution in [3.63, 3.8) is 0 Å². The van der Waals surface area contributed by atoms with Crippen molar-refractivity contribution in [2.75, 3.05) is 18.6 Å². The lowest BCUT2D eigenvalue weighted by Gasteiger charge is -2.17. The number of amides is 1. The van der Waals surface area contributed by atoms with Crippen molar-refractivity contribution in [1.29, 1.82) is 0 Å². The Labute approximate surface area is 109 Å². The van der Waals surface area contributed by atoms with Crippen molar-refractivity contribution >= 4 is 29.2 Å². The van der Waals surface area contributed by atoms with Crippen LogP contribution in [-0.4, -0.2) is 36.7 Å². The third kappa shape index (κ3) is 2.32. The van der Waals surface area contributed by atoms with Gasteiger partial charge < -0.3 is 14.7 Å². The molecule has 1 atom stereocenters. The van der Waals surface area contributed by atoms with E-state index in [1.54, 1.807) is 6.07 Å². The normalized spacial score (nSPS) is 19.2. The van der Waals surface area contributed by atoms with Gasteiger partial charge in [-0.3, -0.25) is 4.79 Å². The van der Waals surface area contributed by atoms with Gasteiger partial charge in [-0.1, -0.05) is 11.6 Å². The van der Waals surface area contributed by atoms with Crippen LogP contribution < -0.4 is 4.90 Å². The van der Waals surface area contributed by atoms with E-state index >= 15 is 0 Å². The molecule has 0 spiro atoms. The number of hydrogen-bond donors (Lipinski definition) is 1. The van der Waals surface area contributed by atoms with Gasteiger partial charge in [0, 0.05) is 0 Å². The van der Waals surface area contributed by atoms with Crippen LogP contribution in [-0.2, 0) is 9.53 Å². The number of aliphatic hydroxyl groups is 1. The molecule has 1 aromatic carbocycles. The molecule has 1 aliphatic heterocycles. The Morgan fingerprint density at radius 3 is 2.78 bits per heavy atom. The van der Waals surface area contributed by atoms with E-state index in [1.165, 1.54) is 24.1 Å². The number of hydrogen-bond acceptors (Lipinski definition) is 4. The van der Waals surface area contributed by atoms with Gasteiger partial charge in [-0.15, -0.1) is 0 Å². The fourth-order valence-corrected chi connectivity index (χ4v) is 2.17. The molecule has 0 aliphatic carbocycles. The minimum absolute atomic E-state index is 0.0923. The zero-order valence-electron chi connectivity index (χ0n) is 9.72. The van der Waals surface area contributed by atoms with Crippen molar-refractivity contribution in [1.82, 2.24) is 0 Å². The molecule has 18 heavy (non-hydrogen) atoms. The second-order valence-corrected chi connectivity index (χ2v) is 4.43. The van der Waals surface area contributed by atoms with E-state index in [9.17, 15) is 14.7 Å². The van der Waals surface area contributed by atoms with Gasteiger partial charge in [0.2, 0.25) is 5.91 Å². The van der Waals surface area contributed by atoms with Crippen LogP contribution in [0.5, 0.6) is 0 Å². The van der Waals surface area contributed by atoms with Crippen LogP contribution in [0, 0.1) is 0 Å². The van der Waals surface area contributed by atoms with E-state index in [0.29, 0.717) is 11.3 Å². The Bertz CT molecular complexity index is 503. The minimum atomic E-state index is -0.672. The van der Waals surface area contributed by atoms with Gasteiger partial charge in [0.25, 0.3) is 0 Å². The van der Waals surface area contributed by atoms with Crippen LogP contribution in [0.25, 0.3) is 0 Å². The van der Waals surface area contributed by atoms with Gasteiger partial charge in [-0.2, -0.15) is 0 Å². The topological polar surface area (TPSA) is 66.8 Å². The molecular formula is C12H12ClNO4. The quantitative estimate of drug-likeness (QED) is 0.820. The Kier molecular flexibility index (Phi) is 3.54. The number of benzene rings is 1. The molecule has 1 unspecified atom stereocenters. The summed E-state index contributed by atoms with van der Waals surface area (Å²) in [6, 6.07) is 4.55. The summed E-state index contributed by atoms with van der Waals surface area (Å²) in [6.07, 6.45) is -0.580. The van der Waals surface area contributed by atoms with Crippen molar-refractivity contribution in [3.8, 4) is 0 Å². The van der Waals surface area contributed by atoms with E-state index in [4.69, 9.17) is 11.6 Å². The maximum atomic E-state index is 11.6. The average Bonchev–Trinajstić information content (AvgIpc) is 2.67. The molecule has 1 saturated heterocycles. The maximum Gasteiger partial charge on any atom is 0.337 e. The highest BCUT2D eigenvalue weighted by Crippen LogP contribution is 2.30. The summed E-state index contributed by atoms with van der Waals surface area (Å²) < 4.78 is 4.58. The third-order valence-electron chi connectivity index (χ3n) is 2.76. The highest BCUT2D eigenvalue weighted by molar-refractivity contribution is 6.34. The fourth-order valence-electron chi connectivity index (χ4n) is 1.89. The van der Waals surface area contributed by atoms with Crippen LogP contribution in [0.1, 0.15) is 16.8 Å². The number of carbonyl (C=O) groups is 2. The predicted octanol–water partition coefficient (Wildman–Crippen LogP) is 1.22. The molecule has 0 saturated carbocycles. The van der Waals surface area contributed by atoms with Crippen LogP contribution in [0.3, 0.4) is 0 Å². The van der Waals surface area contributed by atoms with E-state index in [-0.39, 0.29) is 23.9 Å². The summed E-state index contributed by atoms with van der Waals surface area (Å²) in [5.41, 5.74) is 0.810. The zero-order chi connectivity index (χ0) is 13.3. The van der Waals surface area contributed by atoms with Gasteiger partial charge in [-0.05, 0) is 18.2 Å². The van der Waals surface area contributed by atoms with Gasteiger partial charge in [0.15, 0.2) is 0 Å². The summed E-state index contributed by atoms with van der Waals surface area (Å²) in [6.45, 7) is 0.218. The number of esters is 1. The molecule has 1 aromatic rings. The molecule has 5 nitrogen and oxygen atoms in total. The smallest absolute Gasteiger partial charge is 0.337 e. The predicted molar refractivity (Wildman–Crippen MR) is 65.8 cm³/mol. The number of ether oxygens (including phenoxy) is 1. The number of aliphatic hydroxyl groups excluding tert-OH is 1. The summed E-state index contributed by atoms with van der Waals surface area (Å²) >= 11 is 6.04. The second-order valence-electron chi connectivity index (χ2n) is 4.02. The minimum Gasteiger partial charge on any atom is -0.465 e. The molecule has 0 bridgehead atoms. The third-order valence-corrected chi connectivity index (χ3v) is 3.07. The van der Waals surface area contributed by atoms with E-state index < -0.39 is 12.1 Å². The highest BCUT2D eigenvalue weighted by Gasteiger charge is 2.30. The Morgan fingerprint density at radius 2 is 2.28 bits per heavy atom. The molecule has 1 fully saturated rings. The number of halogens is 1. The first kappa shape index (κ1) is 12.9. The Hall–Kier alpha value is -1.59. The monoisotopic (exact) mass is 269 g/mol. The van der Waals surface area contributed by atoms with Crippen molar-refractivity contribution in [3.05, 3.63) is 28.8 Å². The Balaban J connectivity index is 2.30. The SMILES string of the molecule is COC(=O)c1ccc(N2CC(O)CC2=O)c(Cl)c1. The van der Waals surface area contributed by atoms with Gasteiger partial charge in [0.1, 0.15) is 0 Å². The number of β-amino-alcohol motifs (C(OH)–C–C–N with tert-alkyl or cyclic N) is 1. The standard InChI is InChI=1S/C12H12ClNO4/c1-18-12(17)7-2-3-10(9(13)4-7)14-6-8(15)5-11(14)16/h2-4,8,15H,5-6H2,1H3. The largest absolute Gasteiger partial charge is 0.465 e. The Morgan fingerprint density at radius 1 is 1.56 bits per heavy atom. The fraction of sp³-hybridized carbons (Fsp3) is 0.333. The summed E-state index contributed by atoms with van der Waals surface area (Å²) in [5.74, 6) is -0.675. The molecule has 96 valence electrons. The van der Waals surface area contributed by atoms with Crippen LogP contribution in [0.15, 0.2) is 18.2 Å². The number of methoxy groups -OCH3 is 1. The summed E-state index contributed by atoms with van der Waals surface area (Å²) in [5, 5.41) is 9.70. The van der Waals surface area contributed by atoms with Gasteiger partial charge in [0.05, 0.1) is 42.5 Å². The first-order valence-electron chi connectivity index (χ1n) is 5.39. The van der Waals surface area contributed by atoms with E-state index in [0.717, 1.165) is 0 Å². The molecule has 1 amide bonds. The molecule has 2 rings (SSSR count). The lowest BCUT2D eigenvalue weighted by Crippen LogP contribution is -2.25. The van der Waals surface area contributed by atoms with Crippen LogP contribution >= 0.6 is 11.6 Å². The van der Waals surface area contributed by atoms with E-state index in [2.05, 4.69) is 4.74 Å². The van der Waals surface area contributed by atoms with Gasteiger partial charge in [-0.25, -0.2) is 4.79 Å². The van der Waals surface area contributed by atoms with Crippen molar-refractivity contribution < 1.29 is 19.4 Å². The number of nitrogens with zero attached hydrogens (tertiary/aromatic N) is 1. The first-order chi connectivity index (χ1) is 8.52. The highest BCUT2D eigenvalue weighted by atomic mass is 35.5. The maximum absolute atomic E-state index is 11.6. The van der Waals surface area contributed by atoms with Crippen LogP contribution in [0.2, 0.25) is 5.02 Å². The molecule has 6 heteroatoms. The average molecular weight is 270 g/mol. The molecule has 0 radical (unpaired) electrons. The van der Waals surface area contributed by atoms with Crippen molar-refractivity contribution in [2.45, 2.75) is 12.5 Å². The van der Waals surface area contributed by atoms with Crippen molar-refractivity contribution in [2.24, 2.45) is 0 Å². The molecule has 1 aliphatic rings. The molecular weight excluding hydrogens is 258 g/mol. The lowest BCUT2D eigenvalue weighted by atomic mass is 10.2. The molecule has 0 aromatic heterocycles. The molecule has 1 heterocycles. The number of anilines is 1. The lowest BCUT2D eigenvalue weighted by molar-refractivity contribution is -0.117. The number of carbonyl (C=O) groups excluding carboxylic acids is 2. The van der Waals surface area contributed by atoms with Gasteiger partial charge >= 0.3 is 5.97 Å². The number of rotatable bonds is 2. The second kappa shape index (κ2) is 4.96. The zero-order valence-corrected chi connectivity index (χ0v) is 10.5. The summed E-state index contributed by atoms with van der Waals surface area (Å²) in [4.78, 5) is 24.4.